The van der Waals surface area contributed by atoms with Gasteiger partial charge in [0, 0.05) is 17.8 Å². The Bertz CT molecular complexity index is 600. The summed E-state index contributed by atoms with van der Waals surface area (Å²) in [4.78, 5) is 7.65. The molecule has 0 amide bonds. The van der Waals surface area contributed by atoms with E-state index in [1.807, 2.05) is 0 Å². The molecule has 0 bridgehead atoms. The second kappa shape index (κ2) is 5.54. The largest absolute Gasteiger partial charge is 0.573 e. The fourth-order valence-electron chi connectivity index (χ4n) is 1.41. The molecule has 0 unspecified atom stereocenters. The molecule has 8 heteroatoms. The smallest absolute Gasteiger partial charge is 0.439 e. The summed E-state index contributed by atoms with van der Waals surface area (Å²) in [6.07, 6.45) is -4.76. The van der Waals surface area contributed by atoms with E-state index in [9.17, 15) is 13.2 Å². The summed E-state index contributed by atoms with van der Waals surface area (Å²) < 4.78 is 45.4. The third kappa shape index (κ3) is 4.27. The maximum absolute atomic E-state index is 12.1. The van der Waals surface area contributed by atoms with Gasteiger partial charge in [-0.3, -0.25) is 0 Å². The molecule has 1 aromatic heterocycles. The van der Waals surface area contributed by atoms with Gasteiger partial charge in [-0.15, -0.1) is 13.2 Å². The zero-order valence-electron chi connectivity index (χ0n) is 10.1. The number of nitrogens with zero attached hydrogens (tertiary/aromatic N) is 2. The van der Waals surface area contributed by atoms with Crippen molar-refractivity contribution in [3.8, 4) is 17.4 Å². The summed E-state index contributed by atoms with van der Waals surface area (Å²) in [5.74, 6) is -0.112. The van der Waals surface area contributed by atoms with Crippen LogP contribution in [0.15, 0.2) is 30.3 Å². The topological polar surface area (TPSA) is 44.2 Å². The molecule has 0 aliphatic rings. The third-order valence-electron chi connectivity index (χ3n) is 2.06. The number of aromatic nitrogens is 2. The molecule has 2 rings (SSSR count). The van der Waals surface area contributed by atoms with E-state index < -0.39 is 6.36 Å². The summed E-state index contributed by atoms with van der Waals surface area (Å²) >= 11 is 5.66. The maximum atomic E-state index is 12.1. The van der Waals surface area contributed by atoms with E-state index in [-0.39, 0.29) is 22.7 Å². The Morgan fingerprint density at radius 1 is 1.10 bits per heavy atom. The molecular weight excluding hydrogens is 297 g/mol. The summed E-state index contributed by atoms with van der Waals surface area (Å²) in [6.45, 7) is 1.68. The monoisotopic (exact) mass is 304 g/mol. The zero-order valence-corrected chi connectivity index (χ0v) is 10.9. The number of hydrogen-bond donors (Lipinski definition) is 0. The molecule has 0 spiro atoms. The van der Waals surface area contributed by atoms with Crippen LogP contribution in [0.25, 0.3) is 0 Å². The van der Waals surface area contributed by atoms with Gasteiger partial charge in [0.2, 0.25) is 11.2 Å². The molecule has 1 aromatic carbocycles. The predicted octanol–water partition coefficient (Wildman–Crippen LogP) is 4.13. The number of rotatable bonds is 3. The van der Waals surface area contributed by atoms with Crippen LogP contribution in [0, 0.1) is 6.92 Å². The van der Waals surface area contributed by atoms with Crippen LogP contribution in [-0.2, 0) is 0 Å². The lowest BCUT2D eigenvalue weighted by Crippen LogP contribution is -2.17. The van der Waals surface area contributed by atoms with Crippen LogP contribution in [0.1, 0.15) is 5.69 Å². The van der Waals surface area contributed by atoms with Gasteiger partial charge in [0.15, 0.2) is 0 Å². The van der Waals surface area contributed by atoms with Gasteiger partial charge in [0.05, 0.1) is 0 Å². The van der Waals surface area contributed by atoms with Crippen LogP contribution in [0.4, 0.5) is 13.2 Å². The minimum absolute atomic E-state index is 0.0114. The first-order chi connectivity index (χ1) is 9.32. The van der Waals surface area contributed by atoms with Crippen LogP contribution in [0.3, 0.4) is 0 Å². The lowest BCUT2D eigenvalue weighted by Gasteiger charge is -2.10. The number of benzene rings is 1. The van der Waals surface area contributed by atoms with E-state index in [1.54, 1.807) is 6.92 Å². The number of aryl methyl sites for hydroxylation is 1. The van der Waals surface area contributed by atoms with Crippen molar-refractivity contribution in [1.82, 2.24) is 9.97 Å². The molecule has 1 heterocycles. The fraction of sp³-hybridized carbons (Fsp3) is 0.167. The third-order valence-corrected chi connectivity index (χ3v) is 2.23. The highest BCUT2D eigenvalue weighted by Gasteiger charge is 2.31. The standard InChI is InChI=1S/C12H8ClF3N2O2/c1-7-5-10(18-11(13)17-7)19-8-3-2-4-9(6-8)20-12(14,15)16/h2-6H,1H3. The highest BCUT2D eigenvalue weighted by Crippen LogP contribution is 2.28. The first-order valence-corrected chi connectivity index (χ1v) is 5.74. The Balaban J connectivity index is 2.19. The summed E-state index contributed by atoms with van der Waals surface area (Å²) in [7, 11) is 0. The molecule has 0 aliphatic carbocycles. The molecule has 0 saturated heterocycles. The molecule has 0 N–H and O–H groups in total. The van der Waals surface area contributed by atoms with E-state index in [1.165, 1.54) is 24.3 Å². The van der Waals surface area contributed by atoms with E-state index in [4.69, 9.17) is 16.3 Å². The van der Waals surface area contributed by atoms with Crippen molar-refractivity contribution in [3.05, 3.63) is 41.3 Å². The van der Waals surface area contributed by atoms with Crippen molar-refractivity contribution in [3.63, 3.8) is 0 Å². The predicted molar refractivity (Wildman–Crippen MR) is 65.0 cm³/mol. The average molecular weight is 305 g/mol. The Labute approximate surface area is 117 Å². The molecule has 0 radical (unpaired) electrons. The molecule has 2 aromatic rings. The molecule has 4 nitrogen and oxygen atoms in total. The molecule has 0 atom stereocenters. The Morgan fingerprint density at radius 3 is 2.45 bits per heavy atom. The first kappa shape index (κ1) is 14.4. The van der Waals surface area contributed by atoms with Gasteiger partial charge in [-0.2, -0.15) is 4.98 Å². The van der Waals surface area contributed by atoms with Gasteiger partial charge in [-0.1, -0.05) is 6.07 Å². The first-order valence-electron chi connectivity index (χ1n) is 5.37. The van der Waals surface area contributed by atoms with Gasteiger partial charge in [0.25, 0.3) is 0 Å². The Morgan fingerprint density at radius 2 is 1.80 bits per heavy atom. The van der Waals surface area contributed by atoms with Crippen LogP contribution in [0.5, 0.6) is 17.4 Å². The van der Waals surface area contributed by atoms with Gasteiger partial charge < -0.3 is 9.47 Å². The van der Waals surface area contributed by atoms with E-state index in [2.05, 4.69) is 14.7 Å². The van der Waals surface area contributed by atoms with Crippen molar-refractivity contribution >= 4 is 11.6 Å². The number of ether oxygens (including phenoxy) is 2. The van der Waals surface area contributed by atoms with Crippen LogP contribution in [-0.4, -0.2) is 16.3 Å². The minimum atomic E-state index is -4.76. The lowest BCUT2D eigenvalue weighted by atomic mass is 10.3. The lowest BCUT2D eigenvalue weighted by molar-refractivity contribution is -0.274. The number of hydrogen-bond acceptors (Lipinski definition) is 4. The van der Waals surface area contributed by atoms with Gasteiger partial charge in [0.1, 0.15) is 11.5 Å². The number of alkyl halides is 3. The van der Waals surface area contributed by atoms with Crippen molar-refractivity contribution in [1.29, 1.82) is 0 Å². The zero-order chi connectivity index (χ0) is 14.8. The van der Waals surface area contributed by atoms with Crippen molar-refractivity contribution in [2.45, 2.75) is 13.3 Å². The van der Waals surface area contributed by atoms with Crippen LogP contribution in [0.2, 0.25) is 5.28 Å². The molecule has 20 heavy (non-hydrogen) atoms. The van der Waals surface area contributed by atoms with Crippen molar-refractivity contribution in [2.75, 3.05) is 0 Å². The minimum Gasteiger partial charge on any atom is -0.439 e. The van der Waals surface area contributed by atoms with Gasteiger partial charge in [-0.25, -0.2) is 4.98 Å². The second-order valence-electron chi connectivity index (χ2n) is 3.74. The summed E-state index contributed by atoms with van der Waals surface area (Å²) in [5.41, 5.74) is 0.572. The van der Waals surface area contributed by atoms with Crippen molar-refractivity contribution < 1.29 is 22.6 Å². The quantitative estimate of drug-likeness (QED) is 0.800. The Kier molecular flexibility index (Phi) is 3.99. The average Bonchev–Trinajstić information content (AvgIpc) is 2.25. The molecule has 0 fully saturated rings. The molecule has 0 saturated carbocycles. The highest BCUT2D eigenvalue weighted by molar-refractivity contribution is 6.28. The highest BCUT2D eigenvalue weighted by atomic mass is 35.5. The van der Waals surface area contributed by atoms with E-state index in [0.29, 0.717) is 5.69 Å². The Hall–Kier alpha value is -2.02. The number of halogens is 4. The molecule has 106 valence electrons. The molecule has 0 aliphatic heterocycles. The van der Waals surface area contributed by atoms with Gasteiger partial charge in [-0.05, 0) is 30.7 Å². The normalized spacial score (nSPS) is 11.2. The maximum Gasteiger partial charge on any atom is 0.573 e. The summed E-state index contributed by atoms with van der Waals surface area (Å²) in [5, 5.41) is -0.0114. The second-order valence-corrected chi connectivity index (χ2v) is 4.08. The van der Waals surface area contributed by atoms with E-state index >= 15 is 0 Å². The molecular formula is C12H8ClF3N2O2. The van der Waals surface area contributed by atoms with Crippen molar-refractivity contribution in [2.24, 2.45) is 0 Å². The van der Waals surface area contributed by atoms with E-state index in [0.717, 1.165) is 6.07 Å². The van der Waals surface area contributed by atoms with Gasteiger partial charge >= 0.3 is 6.36 Å². The van der Waals surface area contributed by atoms with Crippen LogP contribution >= 0.6 is 11.6 Å². The van der Waals surface area contributed by atoms with Crippen LogP contribution < -0.4 is 9.47 Å². The fourth-order valence-corrected chi connectivity index (χ4v) is 1.63. The summed E-state index contributed by atoms with van der Waals surface area (Å²) in [6, 6.07) is 6.60. The SMILES string of the molecule is Cc1cc(Oc2cccc(OC(F)(F)F)c2)nc(Cl)n1.